The summed E-state index contributed by atoms with van der Waals surface area (Å²) in [7, 11) is 0. The van der Waals surface area contributed by atoms with Crippen molar-refractivity contribution in [2.45, 2.75) is 6.92 Å². The van der Waals surface area contributed by atoms with Gasteiger partial charge in [0.1, 0.15) is 5.82 Å². The van der Waals surface area contributed by atoms with Gasteiger partial charge < -0.3 is 5.11 Å². The lowest BCUT2D eigenvalue weighted by atomic mass is 10.2. The summed E-state index contributed by atoms with van der Waals surface area (Å²) in [5.74, 6) is -1.69. The summed E-state index contributed by atoms with van der Waals surface area (Å²) in [4.78, 5) is 15.2. The molecule has 0 aliphatic carbocycles. The lowest BCUT2D eigenvalue weighted by Gasteiger charge is -2.07. The van der Waals surface area contributed by atoms with Crippen LogP contribution in [0, 0.1) is 12.7 Å². The van der Waals surface area contributed by atoms with Crippen LogP contribution in [0.5, 0.6) is 0 Å². The Morgan fingerprint density at radius 3 is 2.52 bits per heavy atom. The molecule has 116 valence electrons. The molecule has 0 bridgehead atoms. The van der Waals surface area contributed by atoms with Crippen LogP contribution in [0.4, 0.5) is 4.39 Å². The van der Waals surface area contributed by atoms with Crippen molar-refractivity contribution in [3.8, 4) is 17.1 Å². The Balaban J connectivity index is 2.20. The molecule has 0 spiro atoms. The molecule has 7 heteroatoms. The first-order chi connectivity index (χ1) is 11.0. The Hall–Kier alpha value is -2.73. The number of aryl methyl sites for hydroxylation is 1. The number of carbonyl (C=O) groups is 1. The summed E-state index contributed by atoms with van der Waals surface area (Å²) >= 11 is 6.12. The van der Waals surface area contributed by atoms with Gasteiger partial charge in [-0.3, -0.25) is 0 Å². The van der Waals surface area contributed by atoms with Gasteiger partial charge in [-0.15, -0.1) is 5.10 Å². The van der Waals surface area contributed by atoms with E-state index in [2.05, 4.69) is 10.1 Å². The first-order valence-electron chi connectivity index (χ1n) is 6.68. The number of aromatic nitrogens is 3. The first kappa shape index (κ1) is 15.2. The lowest BCUT2D eigenvalue weighted by molar-refractivity contribution is 0.0683. The third-order valence-corrected chi connectivity index (χ3v) is 3.71. The number of hydrogen-bond donors (Lipinski definition) is 1. The Morgan fingerprint density at radius 1 is 1.22 bits per heavy atom. The van der Waals surface area contributed by atoms with Crippen molar-refractivity contribution in [3.05, 3.63) is 64.7 Å². The molecular weight excluding hydrogens is 321 g/mol. The minimum absolute atomic E-state index is 0.294. The third-order valence-electron chi connectivity index (χ3n) is 3.30. The second kappa shape index (κ2) is 5.81. The molecule has 1 N–H and O–H groups in total. The highest BCUT2D eigenvalue weighted by Gasteiger charge is 2.18. The van der Waals surface area contributed by atoms with Gasteiger partial charge in [0.15, 0.2) is 5.82 Å². The van der Waals surface area contributed by atoms with Gasteiger partial charge in [0.25, 0.3) is 5.82 Å². The maximum atomic E-state index is 13.1. The second-order valence-electron chi connectivity index (χ2n) is 4.92. The van der Waals surface area contributed by atoms with E-state index in [-0.39, 0.29) is 5.82 Å². The average Bonchev–Trinajstić information content (AvgIpc) is 2.96. The monoisotopic (exact) mass is 331 g/mol. The van der Waals surface area contributed by atoms with Crippen molar-refractivity contribution in [2.75, 3.05) is 0 Å². The van der Waals surface area contributed by atoms with Gasteiger partial charge in [0.05, 0.1) is 5.69 Å². The van der Waals surface area contributed by atoms with E-state index in [0.717, 1.165) is 5.56 Å². The van der Waals surface area contributed by atoms with Crippen LogP contribution in [0.3, 0.4) is 0 Å². The Kier molecular flexibility index (Phi) is 3.83. The second-order valence-corrected chi connectivity index (χ2v) is 5.32. The van der Waals surface area contributed by atoms with E-state index in [1.54, 1.807) is 18.2 Å². The molecule has 23 heavy (non-hydrogen) atoms. The molecule has 0 saturated carbocycles. The van der Waals surface area contributed by atoms with E-state index >= 15 is 0 Å². The van der Waals surface area contributed by atoms with Crippen molar-refractivity contribution in [3.63, 3.8) is 0 Å². The fourth-order valence-corrected chi connectivity index (χ4v) is 2.26. The van der Waals surface area contributed by atoms with Crippen LogP contribution < -0.4 is 0 Å². The summed E-state index contributed by atoms with van der Waals surface area (Å²) in [6.45, 7) is 1.86. The molecule has 0 fully saturated rings. The SMILES string of the molecule is Cc1ccc(-n2nc(C(=O)O)nc2-c2ccc(F)cc2)cc1Cl. The molecule has 5 nitrogen and oxygen atoms in total. The van der Waals surface area contributed by atoms with E-state index < -0.39 is 11.8 Å². The van der Waals surface area contributed by atoms with Crippen molar-refractivity contribution >= 4 is 17.6 Å². The van der Waals surface area contributed by atoms with Crippen molar-refractivity contribution < 1.29 is 14.3 Å². The van der Waals surface area contributed by atoms with Gasteiger partial charge >= 0.3 is 5.97 Å². The molecular formula is C16H11ClFN3O2. The summed E-state index contributed by atoms with van der Waals surface area (Å²) in [5, 5.41) is 13.7. The zero-order valence-corrected chi connectivity index (χ0v) is 12.8. The highest BCUT2D eigenvalue weighted by molar-refractivity contribution is 6.31. The molecule has 3 rings (SSSR count). The largest absolute Gasteiger partial charge is 0.475 e. The number of aromatic carboxylic acids is 1. The van der Waals surface area contributed by atoms with Crippen molar-refractivity contribution in [2.24, 2.45) is 0 Å². The summed E-state index contributed by atoms with van der Waals surface area (Å²) in [6, 6.07) is 10.8. The summed E-state index contributed by atoms with van der Waals surface area (Å²) < 4.78 is 14.5. The van der Waals surface area contributed by atoms with Gasteiger partial charge in [-0.25, -0.2) is 18.9 Å². The fraction of sp³-hybridized carbons (Fsp3) is 0.0625. The predicted molar refractivity (Wildman–Crippen MR) is 83.5 cm³/mol. The van der Waals surface area contributed by atoms with Gasteiger partial charge in [-0.2, -0.15) is 0 Å². The fourth-order valence-electron chi connectivity index (χ4n) is 2.08. The Morgan fingerprint density at radius 2 is 1.91 bits per heavy atom. The van der Waals surface area contributed by atoms with Gasteiger partial charge in [-0.05, 0) is 48.9 Å². The molecule has 1 aromatic heterocycles. The van der Waals surface area contributed by atoms with Gasteiger partial charge in [0, 0.05) is 10.6 Å². The van der Waals surface area contributed by atoms with Crippen LogP contribution in [-0.2, 0) is 0 Å². The number of halogens is 2. The molecule has 3 aromatic rings. The zero-order chi connectivity index (χ0) is 16.6. The molecule has 2 aromatic carbocycles. The number of benzene rings is 2. The minimum atomic E-state index is -1.25. The molecule has 0 atom stereocenters. The van der Waals surface area contributed by atoms with E-state index in [1.807, 2.05) is 6.92 Å². The predicted octanol–water partition coefficient (Wildman–Crippen LogP) is 3.73. The van der Waals surface area contributed by atoms with Crippen LogP contribution in [0.1, 0.15) is 16.2 Å². The van der Waals surface area contributed by atoms with E-state index in [0.29, 0.717) is 22.1 Å². The zero-order valence-electron chi connectivity index (χ0n) is 12.0. The number of carboxylic acid groups (broad SMARTS) is 1. The van der Waals surface area contributed by atoms with Gasteiger partial charge in [0.2, 0.25) is 0 Å². The lowest BCUT2D eigenvalue weighted by Crippen LogP contribution is -2.02. The van der Waals surface area contributed by atoms with Crippen LogP contribution in [0.25, 0.3) is 17.1 Å². The maximum Gasteiger partial charge on any atom is 0.375 e. The average molecular weight is 332 g/mol. The molecule has 0 saturated heterocycles. The number of carboxylic acids is 1. The molecule has 0 radical (unpaired) electrons. The number of hydrogen-bond acceptors (Lipinski definition) is 3. The van der Waals surface area contributed by atoms with Crippen LogP contribution >= 0.6 is 11.6 Å². The summed E-state index contributed by atoms with van der Waals surface area (Å²) in [5.41, 5.74) is 2.00. The van der Waals surface area contributed by atoms with Crippen LogP contribution in [0.2, 0.25) is 5.02 Å². The normalized spacial score (nSPS) is 10.7. The molecule has 1 heterocycles. The minimum Gasteiger partial charge on any atom is -0.475 e. The smallest absolute Gasteiger partial charge is 0.375 e. The quantitative estimate of drug-likeness (QED) is 0.794. The highest BCUT2D eigenvalue weighted by Crippen LogP contribution is 2.24. The standard InChI is InChI=1S/C16H11ClFN3O2/c1-9-2-7-12(8-13(9)17)21-15(19-14(20-21)16(22)23)10-3-5-11(18)6-4-10/h2-8H,1H3,(H,22,23). The maximum absolute atomic E-state index is 13.1. The number of nitrogens with zero attached hydrogens (tertiary/aromatic N) is 3. The topological polar surface area (TPSA) is 68.0 Å². The summed E-state index contributed by atoms with van der Waals surface area (Å²) in [6.07, 6.45) is 0. The molecule has 0 aliphatic rings. The van der Waals surface area contributed by atoms with E-state index in [4.69, 9.17) is 16.7 Å². The Bertz CT molecular complexity index is 891. The van der Waals surface area contributed by atoms with E-state index in [9.17, 15) is 9.18 Å². The van der Waals surface area contributed by atoms with Crippen LogP contribution in [-0.4, -0.2) is 25.8 Å². The van der Waals surface area contributed by atoms with Crippen molar-refractivity contribution in [1.29, 1.82) is 0 Å². The molecule has 0 amide bonds. The Labute approximate surface area is 136 Å². The van der Waals surface area contributed by atoms with Crippen LogP contribution in [0.15, 0.2) is 42.5 Å². The first-order valence-corrected chi connectivity index (χ1v) is 7.06. The van der Waals surface area contributed by atoms with Gasteiger partial charge in [-0.1, -0.05) is 17.7 Å². The molecule has 0 unspecified atom stereocenters. The van der Waals surface area contributed by atoms with Crippen molar-refractivity contribution in [1.82, 2.24) is 14.8 Å². The van der Waals surface area contributed by atoms with E-state index in [1.165, 1.54) is 28.9 Å². The third kappa shape index (κ3) is 2.93. The highest BCUT2D eigenvalue weighted by atomic mass is 35.5. The molecule has 0 aliphatic heterocycles. The number of rotatable bonds is 3.